The fourth-order valence-electron chi connectivity index (χ4n) is 3.42. The van der Waals surface area contributed by atoms with E-state index < -0.39 is 27.5 Å². The molecule has 12 heteroatoms. The Morgan fingerprint density at radius 2 is 2.03 bits per heavy atom. The van der Waals surface area contributed by atoms with Crippen molar-refractivity contribution in [2.45, 2.75) is 38.5 Å². The number of aromatic nitrogens is 3. The smallest absolute Gasteiger partial charge is 0.255 e. The van der Waals surface area contributed by atoms with Gasteiger partial charge in [-0.15, -0.1) is 0 Å². The zero-order chi connectivity index (χ0) is 26.5. The Labute approximate surface area is 209 Å². The maximum Gasteiger partial charge on any atom is 0.255 e. The topological polar surface area (TPSA) is 149 Å². The second kappa shape index (κ2) is 11.0. The van der Waals surface area contributed by atoms with E-state index in [0.717, 1.165) is 0 Å². The van der Waals surface area contributed by atoms with E-state index in [4.69, 9.17) is 5.26 Å². The number of hydrogen-bond acceptors (Lipinski definition) is 8. The highest BCUT2D eigenvalue weighted by Gasteiger charge is 2.27. The van der Waals surface area contributed by atoms with E-state index in [1.807, 2.05) is 6.07 Å². The Morgan fingerprint density at radius 1 is 1.28 bits per heavy atom. The van der Waals surface area contributed by atoms with E-state index in [-0.39, 0.29) is 17.9 Å². The lowest BCUT2D eigenvalue weighted by Crippen LogP contribution is -2.42. The van der Waals surface area contributed by atoms with E-state index >= 15 is 0 Å². The number of rotatable bonds is 11. The largest absolute Gasteiger partial charge is 0.387 e. The average molecular weight is 517 g/mol. The molecule has 36 heavy (non-hydrogen) atoms. The monoisotopic (exact) mass is 516 g/mol. The molecule has 0 aliphatic heterocycles. The molecule has 3 aromatic rings. The van der Waals surface area contributed by atoms with Gasteiger partial charge in [-0.1, -0.05) is 0 Å². The molecule has 0 aliphatic carbocycles. The predicted octanol–water partition coefficient (Wildman–Crippen LogP) is 2.34. The van der Waals surface area contributed by atoms with Gasteiger partial charge in [-0.2, -0.15) is 10.4 Å². The van der Waals surface area contributed by atoms with Gasteiger partial charge in [0.15, 0.2) is 0 Å². The Morgan fingerprint density at radius 3 is 2.69 bits per heavy atom. The number of halogens is 1. The van der Waals surface area contributed by atoms with E-state index in [0.29, 0.717) is 47.5 Å². The van der Waals surface area contributed by atoms with E-state index in [9.17, 15) is 22.7 Å². The van der Waals surface area contributed by atoms with Crippen molar-refractivity contribution in [1.82, 2.24) is 19.9 Å². The van der Waals surface area contributed by atoms with Crippen LogP contribution in [0.2, 0.25) is 0 Å². The van der Waals surface area contributed by atoms with Gasteiger partial charge in [0.25, 0.3) is 5.91 Å². The molecule has 3 heterocycles. The molecule has 192 valence electrons. The maximum atomic E-state index is 14.1. The van der Waals surface area contributed by atoms with Gasteiger partial charge in [-0.3, -0.25) is 9.78 Å². The number of nitrogens with one attached hydrogen (secondary N) is 2. The number of unbranched alkanes of at least 4 members (excludes halogenated alkanes) is 1. The molecule has 3 aromatic heterocycles. The number of hydrogen-bond donors (Lipinski definition) is 3. The quantitative estimate of drug-likeness (QED) is 0.329. The summed E-state index contributed by atoms with van der Waals surface area (Å²) in [4.78, 5) is 17.2. The number of anilines is 1. The van der Waals surface area contributed by atoms with E-state index in [1.54, 1.807) is 28.8 Å². The number of carbonyl (C=O) groups excluding carboxylic acids is 1. The number of fused-ring (bicyclic) bond motifs is 1. The summed E-state index contributed by atoms with van der Waals surface area (Å²) in [5, 5.41) is 28.8. The lowest BCUT2D eigenvalue weighted by atomic mass is 10.0. The fraction of sp³-hybridized carbons (Fsp3) is 0.417. The van der Waals surface area contributed by atoms with Crippen LogP contribution >= 0.6 is 0 Å². The summed E-state index contributed by atoms with van der Waals surface area (Å²) in [7, 11) is -3.07. The van der Waals surface area contributed by atoms with Crippen LogP contribution in [0.15, 0.2) is 36.7 Å². The SMILES string of the molecule is CC(C)(O)[C@H](F)CNC(=O)c1cnc(-c2ccc3cc(C#N)cnn23)cc1NCCCCS(C)(=O)=O. The number of nitrogens with zero attached hydrogens (tertiary/aromatic N) is 4. The summed E-state index contributed by atoms with van der Waals surface area (Å²) < 4.78 is 38.5. The highest BCUT2D eigenvalue weighted by atomic mass is 32.2. The summed E-state index contributed by atoms with van der Waals surface area (Å²) >= 11 is 0. The Balaban J connectivity index is 1.86. The molecule has 10 nitrogen and oxygen atoms in total. The lowest BCUT2D eigenvalue weighted by Gasteiger charge is -2.22. The van der Waals surface area contributed by atoms with Crippen molar-refractivity contribution in [2.24, 2.45) is 0 Å². The van der Waals surface area contributed by atoms with Crippen LogP contribution in [0.4, 0.5) is 10.1 Å². The van der Waals surface area contributed by atoms with E-state index in [1.165, 1.54) is 32.5 Å². The molecule has 0 bridgehead atoms. The molecular weight excluding hydrogens is 487 g/mol. The van der Waals surface area contributed by atoms with Crippen LogP contribution in [0.5, 0.6) is 0 Å². The number of carbonyl (C=O) groups is 1. The molecule has 0 radical (unpaired) electrons. The number of sulfone groups is 1. The molecule has 0 saturated carbocycles. The lowest BCUT2D eigenvalue weighted by molar-refractivity contribution is -0.00177. The Hall–Kier alpha value is -3.56. The highest BCUT2D eigenvalue weighted by Crippen LogP contribution is 2.25. The van der Waals surface area contributed by atoms with Crippen LogP contribution < -0.4 is 10.6 Å². The van der Waals surface area contributed by atoms with Crippen molar-refractivity contribution >= 4 is 26.9 Å². The molecular formula is C24H29FN6O4S. The first-order valence-corrected chi connectivity index (χ1v) is 13.4. The Bertz CT molecular complexity index is 1390. The second-order valence-electron chi connectivity index (χ2n) is 9.12. The van der Waals surface area contributed by atoms with E-state index in [2.05, 4.69) is 20.7 Å². The summed E-state index contributed by atoms with van der Waals surface area (Å²) in [5.74, 6) is -0.512. The van der Waals surface area contributed by atoms with Crippen LogP contribution in [-0.2, 0) is 9.84 Å². The second-order valence-corrected chi connectivity index (χ2v) is 11.4. The van der Waals surface area contributed by atoms with Crippen LogP contribution in [0.25, 0.3) is 16.9 Å². The highest BCUT2D eigenvalue weighted by molar-refractivity contribution is 7.90. The van der Waals surface area contributed by atoms with Crippen molar-refractivity contribution in [3.05, 3.63) is 47.8 Å². The number of alkyl halides is 1. The van der Waals surface area contributed by atoms with Gasteiger partial charge in [0.1, 0.15) is 22.1 Å². The molecule has 0 saturated heterocycles. The third-order valence-electron chi connectivity index (χ3n) is 5.51. The van der Waals surface area contributed by atoms with Gasteiger partial charge in [0.2, 0.25) is 0 Å². The minimum atomic E-state index is -3.07. The molecule has 0 fully saturated rings. The minimum absolute atomic E-state index is 0.0605. The maximum absolute atomic E-state index is 14.1. The molecule has 3 N–H and O–H groups in total. The summed E-state index contributed by atoms with van der Waals surface area (Å²) in [6.45, 7) is 2.65. The third kappa shape index (κ3) is 6.99. The number of aliphatic hydroxyl groups is 1. The van der Waals surface area contributed by atoms with Crippen molar-refractivity contribution in [2.75, 3.05) is 30.4 Å². The zero-order valence-corrected chi connectivity index (χ0v) is 21.1. The molecule has 0 unspecified atom stereocenters. The summed E-state index contributed by atoms with van der Waals surface area (Å²) in [6.07, 6.45) is 3.31. The Kier molecular flexibility index (Phi) is 8.27. The van der Waals surface area contributed by atoms with Gasteiger partial charge >= 0.3 is 0 Å². The third-order valence-corrected chi connectivity index (χ3v) is 6.54. The zero-order valence-electron chi connectivity index (χ0n) is 20.3. The van der Waals surface area contributed by atoms with Crippen molar-refractivity contribution in [3.63, 3.8) is 0 Å². The molecule has 0 aliphatic rings. The number of amides is 1. The number of pyridine rings is 1. The molecule has 0 spiro atoms. The van der Waals surface area contributed by atoms with Crippen LogP contribution in [0.1, 0.15) is 42.6 Å². The van der Waals surface area contributed by atoms with Gasteiger partial charge in [-0.25, -0.2) is 17.3 Å². The normalized spacial score (nSPS) is 12.8. The first kappa shape index (κ1) is 27.0. The van der Waals surface area contributed by atoms with Crippen LogP contribution in [0, 0.1) is 11.3 Å². The van der Waals surface area contributed by atoms with Gasteiger partial charge in [-0.05, 0) is 51.0 Å². The van der Waals surface area contributed by atoms with Gasteiger partial charge < -0.3 is 15.7 Å². The summed E-state index contributed by atoms with van der Waals surface area (Å²) in [5.41, 5.74) is 1.24. The molecule has 1 amide bonds. The standard InChI is InChI=1S/C24H29FN6O4S/c1-24(2,33)22(25)15-29-23(32)18-14-28-20(11-19(18)27-8-4-5-9-36(3,34)35)21-7-6-17-10-16(12-26)13-30-31(17)21/h6-7,10-11,13-14,22,33H,4-5,8-9,15H2,1-3H3,(H,27,28)(H,29,32)/t22-/m1/s1. The van der Waals surface area contributed by atoms with Crippen molar-refractivity contribution < 1.29 is 22.7 Å². The predicted molar refractivity (Wildman–Crippen MR) is 134 cm³/mol. The van der Waals surface area contributed by atoms with Gasteiger partial charge in [0.05, 0.1) is 52.1 Å². The van der Waals surface area contributed by atoms with Crippen LogP contribution in [0.3, 0.4) is 0 Å². The van der Waals surface area contributed by atoms with Crippen LogP contribution in [-0.4, -0.2) is 70.9 Å². The van der Waals surface area contributed by atoms with Crippen molar-refractivity contribution in [3.8, 4) is 17.5 Å². The number of nitriles is 1. The van der Waals surface area contributed by atoms with Crippen molar-refractivity contribution in [1.29, 1.82) is 5.26 Å². The average Bonchev–Trinajstić information content (AvgIpc) is 3.23. The minimum Gasteiger partial charge on any atom is -0.387 e. The molecule has 1 atom stereocenters. The fourth-order valence-corrected chi connectivity index (χ4v) is 4.15. The first-order valence-electron chi connectivity index (χ1n) is 11.3. The molecule has 3 rings (SSSR count). The first-order chi connectivity index (χ1) is 16.9. The summed E-state index contributed by atoms with van der Waals surface area (Å²) in [6, 6.07) is 8.98. The molecule has 0 aromatic carbocycles. The van der Waals surface area contributed by atoms with Gasteiger partial charge in [0, 0.05) is 24.8 Å².